The molecule has 0 aliphatic heterocycles. The molecule has 106 valence electrons. The summed E-state index contributed by atoms with van der Waals surface area (Å²) >= 11 is 0.747. The molecule has 7 heteroatoms. The van der Waals surface area contributed by atoms with E-state index in [4.69, 9.17) is 10.8 Å². The first kappa shape index (κ1) is 14.4. The molecule has 3 N–H and O–H groups in total. The van der Waals surface area contributed by atoms with Gasteiger partial charge in [-0.2, -0.15) is 0 Å². The van der Waals surface area contributed by atoms with E-state index in [1.807, 2.05) is 0 Å². The Balaban J connectivity index is 2.73. The van der Waals surface area contributed by atoms with Gasteiger partial charge < -0.3 is 10.8 Å². The van der Waals surface area contributed by atoms with E-state index in [1.165, 1.54) is 0 Å². The Hall–Kier alpha value is -2.02. The second kappa shape index (κ2) is 5.16. The van der Waals surface area contributed by atoms with E-state index in [1.54, 1.807) is 6.92 Å². The maximum Gasteiger partial charge on any atom is 0.348 e. The van der Waals surface area contributed by atoms with Crippen molar-refractivity contribution >= 4 is 23.0 Å². The molecule has 20 heavy (non-hydrogen) atoms. The van der Waals surface area contributed by atoms with Gasteiger partial charge in [0, 0.05) is 10.4 Å². The van der Waals surface area contributed by atoms with Crippen LogP contribution in [0.2, 0.25) is 0 Å². The lowest BCUT2D eigenvalue weighted by Gasteiger charge is -2.05. The first-order valence-electron chi connectivity index (χ1n) is 5.66. The largest absolute Gasteiger partial charge is 0.477 e. The fraction of sp³-hybridized carbons (Fsp3) is 0.154. The second-order valence-corrected chi connectivity index (χ2v) is 5.05. The molecule has 0 aliphatic rings. The van der Waals surface area contributed by atoms with Gasteiger partial charge in [-0.15, -0.1) is 11.3 Å². The fourth-order valence-electron chi connectivity index (χ4n) is 1.91. The maximum atomic E-state index is 13.8. The molecule has 0 atom stereocenters. The van der Waals surface area contributed by atoms with E-state index in [-0.39, 0.29) is 21.0 Å². The summed E-state index contributed by atoms with van der Waals surface area (Å²) in [5.41, 5.74) is 5.97. The molecule has 1 heterocycles. The zero-order valence-electron chi connectivity index (χ0n) is 10.3. The Morgan fingerprint density at radius 2 is 1.95 bits per heavy atom. The van der Waals surface area contributed by atoms with Crippen LogP contribution in [-0.2, 0) is 6.42 Å². The smallest absolute Gasteiger partial charge is 0.348 e. The highest BCUT2D eigenvalue weighted by atomic mass is 32.1. The van der Waals surface area contributed by atoms with Crippen LogP contribution in [-0.4, -0.2) is 11.1 Å². The number of benzene rings is 1. The van der Waals surface area contributed by atoms with Gasteiger partial charge in [-0.3, -0.25) is 0 Å². The zero-order valence-corrected chi connectivity index (χ0v) is 11.2. The normalized spacial score (nSPS) is 10.8. The topological polar surface area (TPSA) is 63.3 Å². The molecule has 0 unspecified atom stereocenters. The summed E-state index contributed by atoms with van der Waals surface area (Å²) in [4.78, 5) is 11.1. The number of halogens is 3. The lowest BCUT2D eigenvalue weighted by atomic mass is 10.1. The fourth-order valence-corrected chi connectivity index (χ4v) is 3.08. The number of carboxylic acids is 1. The molecule has 1 aromatic carbocycles. The predicted octanol–water partition coefficient (Wildman–Crippen LogP) is 3.68. The Morgan fingerprint density at radius 1 is 1.30 bits per heavy atom. The molecule has 0 spiro atoms. The monoisotopic (exact) mass is 301 g/mol. The summed E-state index contributed by atoms with van der Waals surface area (Å²) in [6, 6.07) is 1.87. The van der Waals surface area contributed by atoms with E-state index in [2.05, 4.69) is 0 Å². The number of nitrogens with two attached hydrogens (primary N) is 1. The van der Waals surface area contributed by atoms with Gasteiger partial charge in [-0.1, -0.05) is 6.92 Å². The van der Waals surface area contributed by atoms with Crippen molar-refractivity contribution in [3.8, 4) is 10.4 Å². The van der Waals surface area contributed by atoms with Crippen molar-refractivity contribution in [1.29, 1.82) is 0 Å². The second-order valence-electron chi connectivity index (χ2n) is 4.03. The highest BCUT2D eigenvalue weighted by molar-refractivity contribution is 7.18. The van der Waals surface area contributed by atoms with Gasteiger partial charge in [0.05, 0.1) is 5.69 Å². The van der Waals surface area contributed by atoms with Gasteiger partial charge in [0.2, 0.25) is 0 Å². The third-order valence-corrected chi connectivity index (χ3v) is 4.14. The molecule has 0 bridgehead atoms. The van der Waals surface area contributed by atoms with E-state index in [9.17, 15) is 18.0 Å². The van der Waals surface area contributed by atoms with Crippen LogP contribution in [0.3, 0.4) is 0 Å². The van der Waals surface area contributed by atoms with Crippen LogP contribution in [0.15, 0.2) is 12.1 Å². The van der Waals surface area contributed by atoms with Crippen LogP contribution >= 0.6 is 11.3 Å². The third kappa shape index (κ3) is 2.14. The first-order valence-corrected chi connectivity index (χ1v) is 6.48. The Bertz CT molecular complexity index is 697. The Labute approximate surface area is 116 Å². The van der Waals surface area contributed by atoms with Crippen molar-refractivity contribution in [3.63, 3.8) is 0 Å². The minimum atomic E-state index is -1.59. The van der Waals surface area contributed by atoms with Crippen molar-refractivity contribution in [2.24, 2.45) is 0 Å². The maximum absolute atomic E-state index is 13.8. The molecule has 0 amide bonds. The lowest BCUT2D eigenvalue weighted by Crippen LogP contribution is -1.99. The molecule has 0 saturated heterocycles. The van der Waals surface area contributed by atoms with Crippen LogP contribution in [0.4, 0.5) is 18.9 Å². The number of carboxylic acid groups (broad SMARTS) is 1. The standard InChI is InChI=1S/C13H10F3NO2S/c1-2-5-10(17)12(13(18)19)20-11(5)6-3-4-7(14)9(16)8(6)15/h3-4H,2,17H2,1H3,(H,18,19). The molecule has 0 aliphatic carbocycles. The number of hydrogen-bond donors (Lipinski definition) is 2. The van der Waals surface area contributed by atoms with E-state index < -0.39 is 23.4 Å². The van der Waals surface area contributed by atoms with Crippen LogP contribution < -0.4 is 5.73 Å². The molecule has 2 rings (SSSR count). The van der Waals surface area contributed by atoms with Crippen molar-refractivity contribution < 1.29 is 23.1 Å². The van der Waals surface area contributed by atoms with E-state index in [0.717, 1.165) is 23.5 Å². The van der Waals surface area contributed by atoms with Gasteiger partial charge >= 0.3 is 5.97 Å². The molecule has 0 saturated carbocycles. The number of hydrogen-bond acceptors (Lipinski definition) is 3. The number of nitrogen functional groups attached to an aromatic ring is 1. The van der Waals surface area contributed by atoms with Crippen LogP contribution in [0.25, 0.3) is 10.4 Å². The van der Waals surface area contributed by atoms with Gasteiger partial charge in [0.1, 0.15) is 4.88 Å². The molecule has 2 aromatic rings. The number of rotatable bonds is 3. The van der Waals surface area contributed by atoms with Gasteiger partial charge in [0.25, 0.3) is 0 Å². The van der Waals surface area contributed by atoms with E-state index in [0.29, 0.717) is 12.0 Å². The summed E-state index contributed by atoms with van der Waals surface area (Å²) in [5.74, 6) is -5.48. The quantitative estimate of drug-likeness (QED) is 0.850. The number of anilines is 1. The average molecular weight is 301 g/mol. The van der Waals surface area contributed by atoms with Crippen LogP contribution in [0.5, 0.6) is 0 Å². The van der Waals surface area contributed by atoms with Crippen LogP contribution in [0.1, 0.15) is 22.2 Å². The number of thiophene rings is 1. The summed E-state index contributed by atoms with van der Waals surface area (Å²) in [7, 11) is 0. The Morgan fingerprint density at radius 3 is 2.50 bits per heavy atom. The van der Waals surface area contributed by atoms with Gasteiger partial charge in [-0.05, 0) is 24.1 Å². The summed E-state index contributed by atoms with van der Waals surface area (Å²) < 4.78 is 40.0. The average Bonchev–Trinajstić information content (AvgIpc) is 2.73. The van der Waals surface area contributed by atoms with Gasteiger partial charge in [0.15, 0.2) is 17.5 Å². The predicted molar refractivity (Wildman–Crippen MR) is 70.4 cm³/mol. The Kier molecular flexibility index (Phi) is 3.71. The minimum Gasteiger partial charge on any atom is -0.477 e. The van der Waals surface area contributed by atoms with Crippen molar-refractivity contribution in [2.45, 2.75) is 13.3 Å². The zero-order chi connectivity index (χ0) is 15.0. The molecular formula is C13H10F3NO2S. The van der Waals surface area contributed by atoms with Crippen molar-refractivity contribution in [2.75, 3.05) is 5.73 Å². The van der Waals surface area contributed by atoms with Gasteiger partial charge in [-0.25, -0.2) is 18.0 Å². The van der Waals surface area contributed by atoms with Crippen molar-refractivity contribution in [1.82, 2.24) is 0 Å². The lowest BCUT2D eigenvalue weighted by molar-refractivity contribution is 0.0703. The molecule has 1 aromatic heterocycles. The number of aromatic carboxylic acids is 1. The first-order chi connectivity index (χ1) is 9.38. The highest BCUT2D eigenvalue weighted by Gasteiger charge is 2.24. The van der Waals surface area contributed by atoms with Crippen LogP contribution in [0, 0.1) is 17.5 Å². The summed E-state index contributed by atoms with van der Waals surface area (Å²) in [5, 5.41) is 9.02. The third-order valence-electron chi connectivity index (χ3n) is 2.88. The minimum absolute atomic E-state index is 0.0316. The molecular weight excluding hydrogens is 291 g/mol. The summed E-state index contributed by atoms with van der Waals surface area (Å²) in [6.07, 6.45) is 0.351. The highest BCUT2D eigenvalue weighted by Crippen LogP contribution is 2.40. The molecule has 0 radical (unpaired) electrons. The number of carbonyl (C=O) groups is 1. The van der Waals surface area contributed by atoms with Crippen molar-refractivity contribution in [3.05, 3.63) is 40.0 Å². The SMILES string of the molecule is CCc1c(-c2ccc(F)c(F)c2F)sc(C(=O)O)c1N. The summed E-state index contributed by atoms with van der Waals surface area (Å²) in [6.45, 7) is 1.71. The van der Waals surface area contributed by atoms with E-state index >= 15 is 0 Å². The molecule has 3 nitrogen and oxygen atoms in total. The molecule has 0 fully saturated rings.